The highest BCUT2D eigenvalue weighted by atomic mass is 16.2. The molecular weight excluding hydrogens is 226 g/mol. The van der Waals surface area contributed by atoms with Gasteiger partial charge in [-0.15, -0.1) is 0 Å². The zero-order chi connectivity index (χ0) is 13.0. The molecule has 1 aromatic carbocycles. The van der Waals surface area contributed by atoms with Crippen LogP contribution < -0.4 is 10.6 Å². The summed E-state index contributed by atoms with van der Waals surface area (Å²) < 4.78 is 0. The van der Waals surface area contributed by atoms with E-state index in [4.69, 9.17) is 0 Å². The summed E-state index contributed by atoms with van der Waals surface area (Å²) in [4.78, 5) is 13.9. The summed E-state index contributed by atoms with van der Waals surface area (Å²) in [6.45, 7) is 1.83. The van der Waals surface area contributed by atoms with Crippen molar-refractivity contribution in [2.45, 2.75) is 12.8 Å². The third-order valence-electron chi connectivity index (χ3n) is 3.01. The van der Waals surface area contributed by atoms with E-state index in [1.807, 2.05) is 38.4 Å². The number of hydrogen-bond donors (Lipinski definition) is 2. The summed E-state index contributed by atoms with van der Waals surface area (Å²) in [6.07, 6.45) is 2.06. The lowest BCUT2D eigenvalue weighted by Crippen LogP contribution is -2.21. The third-order valence-corrected chi connectivity index (χ3v) is 3.01. The minimum absolute atomic E-state index is 0.150. The lowest BCUT2D eigenvalue weighted by atomic mass is 10.2. The fourth-order valence-electron chi connectivity index (χ4n) is 1.74. The zero-order valence-electron chi connectivity index (χ0n) is 11.1. The topological polar surface area (TPSA) is 44.4 Å². The quantitative estimate of drug-likeness (QED) is 0.808. The number of nitrogens with zero attached hydrogens (tertiary/aromatic N) is 1. The Morgan fingerprint density at radius 1 is 1.28 bits per heavy atom. The number of amides is 1. The number of rotatable bonds is 6. The molecule has 0 aliphatic heterocycles. The van der Waals surface area contributed by atoms with Crippen LogP contribution in [0.15, 0.2) is 24.3 Å². The van der Waals surface area contributed by atoms with Crippen molar-refractivity contribution in [2.24, 2.45) is 5.92 Å². The van der Waals surface area contributed by atoms with Crippen molar-refractivity contribution in [1.29, 1.82) is 0 Å². The third kappa shape index (κ3) is 3.74. The van der Waals surface area contributed by atoms with Crippen molar-refractivity contribution in [3.8, 4) is 0 Å². The maximum atomic E-state index is 11.8. The van der Waals surface area contributed by atoms with Gasteiger partial charge in [0.1, 0.15) is 0 Å². The van der Waals surface area contributed by atoms with E-state index < -0.39 is 0 Å². The lowest BCUT2D eigenvalue weighted by molar-refractivity contribution is -0.117. The number of likely N-dealkylation sites (N-methyl/N-ethyl adjacent to an activating group) is 1. The molecule has 0 saturated heterocycles. The molecule has 1 amide bonds. The summed E-state index contributed by atoms with van der Waals surface area (Å²) in [5.41, 5.74) is 1.88. The largest absolute Gasteiger partial charge is 0.382 e. The number of hydrogen-bond acceptors (Lipinski definition) is 3. The maximum Gasteiger partial charge on any atom is 0.227 e. The van der Waals surface area contributed by atoms with E-state index in [9.17, 15) is 4.79 Å². The molecule has 1 aromatic rings. The Labute approximate surface area is 108 Å². The first-order valence-corrected chi connectivity index (χ1v) is 6.45. The number of benzene rings is 1. The van der Waals surface area contributed by atoms with Crippen molar-refractivity contribution in [1.82, 2.24) is 4.90 Å². The van der Waals surface area contributed by atoms with Crippen LogP contribution in [0.2, 0.25) is 0 Å². The standard InChI is InChI=1S/C14H21N3O/c1-17(2)10-9-15-12-5-3-4-6-13(12)16-14(18)11-7-8-11/h3-6,11,15H,7-10H2,1-2H3,(H,16,18). The van der Waals surface area contributed by atoms with Gasteiger partial charge in [0.05, 0.1) is 11.4 Å². The predicted octanol–water partition coefficient (Wildman–Crippen LogP) is 2.01. The van der Waals surface area contributed by atoms with Crippen LogP contribution in [0.1, 0.15) is 12.8 Å². The van der Waals surface area contributed by atoms with E-state index in [0.29, 0.717) is 0 Å². The molecule has 0 atom stereocenters. The van der Waals surface area contributed by atoms with Crippen molar-refractivity contribution in [2.75, 3.05) is 37.8 Å². The molecule has 0 bridgehead atoms. The molecular formula is C14H21N3O. The summed E-state index contributed by atoms with van der Waals surface area (Å²) >= 11 is 0. The molecule has 1 aliphatic rings. The van der Waals surface area contributed by atoms with E-state index in [1.54, 1.807) is 0 Å². The van der Waals surface area contributed by atoms with E-state index in [2.05, 4.69) is 15.5 Å². The zero-order valence-corrected chi connectivity index (χ0v) is 11.1. The number of carbonyl (C=O) groups excluding carboxylic acids is 1. The lowest BCUT2D eigenvalue weighted by Gasteiger charge is -2.15. The molecule has 0 aromatic heterocycles. The molecule has 0 heterocycles. The van der Waals surface area contributed by atoms with Gasteiger partial charge in [0.15, 0.2) is 0 Å². The maximum absolute atomic E-state index is 11.8. The van der Waals surface area contributed by atoms with Gasteiger partial charge in [-0.05, 0) is 39.1 Å². The summed E-state index contributed by atoms with van der Waals surface area (Å²) in [5, 5.41) is 6.35. The molecule has 4 heteroatoms. The van der Waals surface area contributed by atoms with Gasteiger partial charge < -0.3 is 15.5 Å². The monoisotopic (exact) mass is 247 g/mol. The fourth-order valence-corrected chi connectivity index (χ4v) is 1.74. The van der Waals surface area contributed by atoms with Crippen LogP contribution in [0.5, 0.6) is 0 Å². The molecule has 2 rings (SSSR count). The van der Waals surface area contributed by atoms with Crippen LogP contribution in [0.3, 0.4) is 0 Å². The predicted molar refractivity (Wildman–Crippen MR) is 74.8 cm³/mol. The van der Waals surface area contributed by atoms with Gasteiger partial charge >= 0.3 is 0 Å². The first-order chi connectivity index (χ1) is 8.66. The molecule has 2 N–H and O–H groups in total. The number of carbonyl (C=O) groups is 1. The van der Waals surface area contributed by atoms with Gasteiger partial charge in [-0.2, -0.15) is 0 Å². The number of para-hydroxylation sites is 2. The highest BCUT2D eigenvalue weighted by Gasteiger charge is 2.29. The smallest absolute Gasteiger partial charge is 0.227 e. The second-order valence-electron chi connectivity index (χ2n) is 5.04. The minimum atomic E-state index is 0.150. The Bertz CT molecular complexity index is 413. The Morgan fingerprint density at radius 3 is 2.56 bits per heavy atom. The molecule has 1 saturated carbocycles. The van der Waals surface area contributed by atoms with E-state index >= 15 is 0 Å². The average Bonchev–Trinajstić information content (AvgIpc) is 3.14. The van der Waals surface area contributed by atoms with Gasteiger partial charge in [0.25, 0.3) is 0 Å². The highest BCUT2D eigenvalue weighted by molar-refractivity contribution is 5.96. The second-order valence-corrected chi connectivity index (χ2v) is 5.04. The van der Waals surface area contributed by atoms with Gasteiger partial charge in [-0.1, -0.05) is 12.1 Å². The van der Waals surface area contributed by atoms with Crippen molar-refractivity contribution in [3.63, 3.8) is 0 Å². The molecule has 98 valence electrons. The van der Waals surface area contributed by atoms with Gasteiger partial charge in [-0.25, -0.2) is 0 Å². The van der Waals surface area contributed by atoms with Crippen LogP contribution in [-0.2, 0) is 4.79 Å². The normalized spacial score (nSPS) is 14.6. The molecule has 1 aliphatic carbocycles. The second kappa shape index (κ2) is 5.87. The average molecular weight is 247 g/mol. The van der Waals surface area contributed by atoms with Crippen molar-refractivity contribution >= 4 is 17.3 Å². The van der Waals surface area contributed by atoms with Crippen LogP contribution in [0.25, 0.3) is 0 Å². The van der Waals surface area contributed by atoms with Gasteiger partial charge in [-0.3, -0.25) is 4.79 Å². The molecule has 0 spiro atoms. The SMILES string of the molecule is CN(C)CCNc1ccccc1NC(=O)C1CC1. The van der Waals surface area contributed by atoms with Crippen LogP contribution in [0, 0.1) is 5.92 Å². The molecule has 4 nitrogen and oxygen atoms in total. The van der Waals surface area contributed by atoms with E-state index in [-0.39, 0.29) is 11.8 Å². The Morgan fingerprint density at radius 2 is 1.94 bits per heavy atom. The number of anilines is 2. The molecule has 0 unspecified atom stereocenters. The Hall–Kier alpha value is -1.55. The molecule has 1 fully saturated rings. The highest BCUT2D eigenvalue weighted by Crippen LogP contribution is 2.31. The summed E-state index contributed by atoms with van der Waals surface area (Å²) in [7, 11) is 4.09. The fraction of sp³-hybridized carbons (Fsp3) is 0.500. The van der Waals surface area contributed by atoms with Crippen molar-refractivity contribution in [3.05, 3.63) is 24.3 Å². The first kappa shape index (κ1) is 12.9. The number of nitrogens with one attached hydrogen (secondary N) is 2. The van der Waals surface area contributed by atoms with Crippen LogP contribution >= 0.6 is 0 Å². The van der Waals surface area contributed by atoms with Crippen molar-refractivity contribution < 1.29 is 4.79 Å². The Kier molecular flexibility index (Phi) is 4.20. The van der Waals surface area contributed by atoms with Crippen LogP contribution in [-0.4, -0.2) is 38.0 Å². The molecule has 18 heavy (non-hydrogen) atoms. The van der Waals surface area contributed by atoms with Crippen LogP contribution in [0.4, 0.5) is 11.4 Å². The summed E-state index contributed by atoms with van der Waals surface area (Å²) in [5.74, 6) is 0.386. The Balaban J connectivity index is 1.93. The summed E-state index contributed by atoms with van der Waals surface area (Å²) in [6, 6.07) is 7.86. The first-order valence-electron chi connectivity index (χ1n) is 6.45. The van der Waals surface area contributed by atoms with Gasteiger partial charge in [0.2, 0.25) is 5.91 Å². The minimum Gasteiger partial charge on any atom is -0.382 e. The van der Waals surface area contributed by atoms with Gasteiger partial charge in [0, 0.05) is 19.0 Å². The van der Waals surface area contributed by atoms with E-state index in [0.717, 1.165) is 37.3 Å². The molecule has 0 radical (unpaired) electrons. The van der Waals surface area contributed by atoms with E-state index in [1.165, 1.54) is 0 Å².